The molecule has 84 valence electrons. The Labute approximate surface area is 91.6 Å². The fourth-order valence-corrected chi connectivity index (χ4v) is 2.20. The summed E-state index contributed by atoms with van der Waals surface area (Å²) < 4.78 is 5.10. The van der Waals surface area contributed by atoms with Gasteiger partial charge in [-0.05, 0) is 32.1 Å². The standard InChI is InChI=1S/C12H19NO2/c1-4-8-13-12(11(14)15-5-2)7-6-10(3)9-12/h1,10,13H,5-9H2,2-3H3. The Bertz CT molecular complexity index is 269. The van der Waals surface area contributed by atoms with E-state index in [2.05, 4.69) is 18.2 Å². The van der Waals surface area contributed by atoms with Crippen LogP contribution in [0.2, 0.25) is 0 Å². The Morgan fingerprint density at radius 1 is 1.73 bits per heavy atom. The van der Waals surface area contributed by atoms with Gasteiger partial charge >= 0.3 is 5.97 Å². The molecule has 3 heteroatoms. The summed E-state index contributed by atoms with van der Waals surface area (Å²) in [6, 6.07) is 0. The molecule has 0 radical (unpaired) electrons. The number of nitrogens with one attached hydrogen (secondary N) is 1. The van der Waals surface area contributed by atoms with E-state index in [1.807, 2.05) is 6.92 Å². The van der Waals surface area contributed by atoms with E-state index in [9.17, 15) is 4.79 Å². The van der Waals surface area contributed by atoms with Gasteiger partial charge in [-0.2, -0.15) is 0 Å². The molecule has 1 rings (SSSR count). The zero-order chi connectivity index (χ0) is 11.3. The number of ether oxygens (including phenoxy) is 1. The third-order valence-electron chi connectivity index (χ3n) is 2.96. The molecule has 0 saturated heterocycles. The van der Waals surface area contributed by atoms with E-state index < -0.39 is 5.54 Å². The molecule has 3 nitrogen and oxygen atoms in total. The Hall–Kier alpha value is -1.01. The number of hydrogen-bond donors (Lipinski definition) is 1. The molecule has 0 aromatic carbocycles. The van der Waals surface area contributed by atoms with Crippen LogP contribution in [0.3, 0.4) is 0 Å². The third-order valence-corrected chi connectivity index (χ3v) is 2.96. The van der Waals surface area contributed by atoms with Crippen LogP contribution in [0.25, 0.3) is 0 Å². The molecule has 1 aliphatic rings. The highest BCUT2D eigenvalue weighted by molar-refractivity contribution is 5.81. The summed E-state index contributed by atoms with van der Waals surface area (Å²) in [6.07, 6.45) is 7.92. The summed E-state index contributed by atoms with van der Waals surface area (Å²) >= 11 is 0. The van der Waals surface area contributed by atoms with Crippen LogP contribution in [-0.2, 0) is 9.53 Å². The molecule has 0 amide bonds. The fraction of sp³-hybridized carbons (Fsp3) is 0.750. The van der Waals surface area contributed by atoms with Gasteiger partial charge in [-0.15, -0.1) is 6.42 Å². The summed E-state index contributed by atoms with van der Waals surface area (Å²) in [4.78, 5) is 11.9. The van der Waals surface area contributed by atoms with E-state index in [0.717, 1.165) is 19.3 Å². The summed E-state index contributed by atoms with van der Waals surface area (Å²) in [6.45, 7) is 4.82. The van der Waals surface area contributed by atoms with Crippen molar-refractivity contribution < 1.29 is 9.53 Å². The van der Waals surface area contributed by atoms with Crippen LogP contribution in [0.5, 0.6) is 0 Å². The second-order valence-electron chi connectivity index (χ2n) is 4.21. The van der Waals surface area contributed by atoms with Crippen LogP contribution in [0.15, 0.2) is 0 Å². The average Bonchev–Trinajstić information content (AvgIpc) is 2.59. The molecule has 15 heavy (non-hydrogen) atoms. The first-order valence-electron chi connectivity index (χ1n) is 5.50. The van der Waals surface area contributed by atoms with Gasteiger partial charge in [0.2, 0.25) is 0 Å². The summed E-state index contributed by atoms with van der Waals surface area (Å²) in [5, 5.41) is 3.15. The van der Waals surface area contributed by atoms with Gasteiger partial charge in [0.05, 0.1) is 13.2 Å². The van der Waals surface area contributed by atoms with Crippen molar-refractivity contribution in [2.75, 3.05) is 13.2 Å². The van der Waals surface area contributed by atoms with Gasteiger partial charge in [-0.25, -0.2) is 0 Å². The molecular formula is C12H19NO2. The predicted molar refractivity (Wildman–Crippen MR) is 59.2 cm³/mol. The molecule has 0 aliphatic heterocycles. The van der Waals surface area contributed by atoms with E-state index in [1.54, 1.807) is 0 Å². The second-order valence-corrected chi connectivity index (χ2v) is 4.21. The lowest BCUT2D eigenvalue weighted by atomic mass is 9.96. The summed E-state index contributed by atoms with van der Waals surface area (Å²) in [5.41, 5.74) is -0.526. The number of esters is 1. The molecule has 2 atom stereocenters. The van der Waals surface area contributed by atoms with Crippen molar-refractivity contribution in [1.82, 2.24) is 5.32 Å². The smallest absolute Gasteiger partial charge is 0.326 e. The normalized spacial score (nSPS) is 29.8. The van der Waals surface area contributed by atoms with Crippen molar-refractivity contribution in [3.63, 3.8) is 0 Å². The van der Waals surface area contributed by atoms with Gasteiger partial charge < -0.3 is 4.74 Å². The lowest BCUT2D eigenvalue weighted by Crippen LogP contribution is -2.51. The first-order valence-corrected chi connectivity index (χ1v) is 5.50. The molecular weight excluding hydrogens is 190 g/mol. The van der Waals surface area contributed by atoms with Crippen molar-refractivity contribution in [3.05, 3.63) is 0 Å². The molecule has 0 aromatic rings. The Kier molecular flexibility index (Phi) is 4.16. The molecule has 1 aliphatic carbocycles. The maximum absolute atomic E-state index is 11.9. The van der Waals surface area contributed by atoms with Crippen molar-refractivity contribution in [1.29, 1.82) is 0 Å². The van der Waals surface area contributed by atoms with Crippen molar-refractivity contribution in [3.8, 4) is 12.3 Å². The SMILES string of the molecule is C#CCNC1(C(=O)OCC)CCC(C)C1. The van der Waals surface area contributed by atoms with Crippen LogP contribution in [0.1, 0.15) is 33.1 Å². The minimum atomic E-state index is -0.526. The highest BCUT2D eigenvalue weighted by Crippen LogP contribution is 2.35. The number of carbonyl (C=O) groups excluding carboxylic acids is 1. The maximum atomic E-state index is 11.9. The molecule has 0 bridgehead atoms. The van der Waals surface area contributed by atoms with Gasteiger partial charge in [0.15, 0.2) is 0 Å². The zero-order valence-electron chi connectivity index (χ0n) is 9.51. The monoisotopic (exact) mass is 209 g/mol. The number of terminal acetylenes is 1. The van der Waals surface area contributed by atoms with E-state index >= 15 is 0 Å². The van der Waals surface area contributed by atoms with E-state index in [-0.39, 0.29) is 5.97 Å². The van der Waals surface area contributed by atoms with Gasteiger partial charge in [-0.3, -0.25) is 10.1 Å². The first-order chi connectivity index (χ1) is 7.14. The van der Waals surface area contributed by atoms with Crippen LogP contribution in [0, 0.1) is 18.3 Å². The molecule has 1 N–H and O–H groups in total. The summed E-state index contributed by atoms with van der Waals surface area (Å²) in [5.74, 6) is 2.92. The predicted octanol–water partition coefficient (Wildman–Crippen LogP) is 1.33. The Morgan fingerprint density at radius 3 is 2.93 bits per heavy atom. The van der Waals surface area contributed by atoms with Gasteiger partial charge in [0.1, 0.15) is 5.54 Å². The molecule has 0 aromatic heterocycles. The summed E-state index contributed by atoms with van der Waals surface area (Å²) in [7, 11) is 0. The minimum absolute atomic E-state index is 0.149. The molecule has 0 spiro atoms. The molecule has 1 saturated carbocycles. The zero-order valence-corrected chi connectivity index (χ0v) is 9.51. The number of hydrogen-bond acceptors (Lipinski definition) is 3. The Morgan fingerprint density at radius 2 is 2.47 bits per heavy atom. The fourth-order valence-electron chi connectivity index (χ4n) is 2.20. The quantitative estimate of drug-likeness (QED) is 0.561. The lowest BCUT2D eigenvalue weighted by molar-refractivity contribution is -0.151. The third kappa shape index (κ3) is 2.73. The highest BCUT2D eigenvalue weighted by atomic mass is 16.5. The van der Waals surface area contributed by atoms with Gasteiger partial charge in [0, 0.05) is 0 Å². The first kappa shape index (κ1) is 12.1. The number of carbonyl (C=O) groups is 1. The van der Waals surface area contributed by atoms with Gasteiger partial charge in [0.25, 0.3) is 0 Å². The highest BCUT2D eigenvalue weighted by Gasteiger charge is 2.44. The number of rotatable bonds is 4. The topological polar surface area (TPSA) is 38.3 Å². The minimum Gasteiger partial charge on any atom is -0.465 e. The van der Waals surface area contributed by atoms with E-state index in [0.29, 0.717) is 19.1 Å². The second kappa shape index (κ2) is 5.18. The van der Waals surface area contributed by atoms with Crippen LogP contribution in [0.4, 0.5) is 0 Å². The largest absolute Gasteiger partial charge is 0.465 e. The van der Waals surface area contributed by atoms with E-state index in [1.165, 1.54) is 0 Å². The van der Waals surface area contributed by atoms with Crippen LogP contribution < -0.4 is 5.32 Å². The Balaban J connectivity index is 2.69. The van der Waals surface area contributed by atoms with Crippen molar-refractivity contribution >= 4 is 5.97 Å². The lowest BCUT2D eigenvalue weighted by Gasteiger charge is -2.27. The molecule has 2 unspecified atom stereocenters. The van der Waals surface area contributed by atoms with Crippen LogP contribution in [-0.4, -0.2) is 24.7 Å². The van der Waals surface area contributed by atoms with Crippen molar-refractivity contribution in [2.24, 2.45) is 5.92 Å². The maximum Gasteiger partial charge on any atom is 0.326 e. The van der Waals surface area contributed by atoms with Crippen LogP contribution >= 0.6 is 0 Å². The van der Waals surface area contributed by atoms with Crippen molar-refractivity contribution in [2.45, 2.75) is 38.6 Å². The molecule has 0 heterocycles. The molecule has 1 fully saturated rings. The van der Waals surface area contributed by atoms with E-state index in [4.69, 9.17) is 11.2 Å². The average molecular weight is 209 g/mol. The van der Waals surface area contributed by atoms with Gasteiger partial charge in [-0.1, -0.05) is 12.8 Å².